The molecule has 3 aromatic rings. The zero-order chi connectivity index (χ0) is 26.7. The summed E-state index contributed by atoms with van der Waals surface area (Å²) in [4.78, 5) is 17.3. The fraction of sp³-hybridized carbons (Fsp3) is 0.464. The summed E-state index contributed by atoms with van der Waals surface area (Å²) in [7, 11) is 1.89. The Labute approximate surface area is 219 Å². The number of alkyl halides is 3. The predicted molar refractivity (Wildman–Crippen MR) is 135 cm³/mol. The number of carbonyl (C=O) groups is 1. The van der Waals surface area contributed by atoms with E-state index in [9.17, 15) is 18.0 Å². The molecular weight excluding hydrogens is 495 g/mol. The highest BCUT2D eigenvalue weighted by Crippen LogP contribution is 2.42. The molecule has 1 amide bonds. The molecule has 200 valence electrons. The van der Waals surface area contributed by atoms with Gasteiger partial charge in [0.2, 0.25) is 0 Å². The van der Waals surface area contributed by atoms with E-state index in [0.29, 0.717) is 30.9 Å². The highest BCUT2D eigenvalue weighted by molar-refractivity contribution is 6.10. The van der Waals surface area contributed by atoms with Crippen molar-refractivity contribution in [3.8, 4) is 0 Å². The number of benzene rings is 2. The van der Waals surface area contributed by atoms with Gasteiger partial charge >= 0.3 is 6.18 Å². The van der Waals surface area contributed by atoms with Crippen molar-refractivity contribution in [2.75, 3.05) is 31.2 Å². The standard InChI is InChI=1S/C28H30F3N5O2/c1-18(35-8-3-4-9-35)19-10-22-23(24(11-19)28(29,30)31)14-36(26(22)37)21-7-5-6-20(12-21)27(15-38-16-27)13-25-33-32-17-34(25)2/h5-7,10-12,17-18H,3-4,8-9,13-16H2,1-2H3/t18-/m0/s1. The van der Waals surface area contributed by atoms with Crippen molar-refractivity contribution >= 4 is 11.6 Å². The van der Waals surface area contributed by atoms with Crippen LogP contribution in [-0.4, -0.2) is 51.9 Å². The van der Waals surface area contributed by atoms with Crippen LogP contribution >= 0.6 is 0 Å². The molecule has 3 aliphatic heterocycles. The van der Waals surface area contributed by atoms with Gasteiger partial charge in [0.25, 0.3) is 5.91 Å². The molecule has 2 saturated heterocycles. The Morgan fingerprint density at radius 1 is 1.13 bits per heavy atom. The van der Waals surface area contributed by atoms with E-state index in [2.05, 4.69) is 15.1 Å². The lowest BCUT2D eigenvalue weighted by Crippen LogP contribution is -2.49. The number of nitrogens with zero attached hydrogens (tertiary/aromatic N) is 5. The number of hydrogen-bond acceptors (Lipinski definition) is 5. The Kier molecular flexibility index (Phi) is 6.07. The highest BCUT2D eigenvalue weighted by Gasteiger charge is 2.44. The van der Waals surface area contributed by atoms with Crippen molar-refractivity contribution in [2.24, 2.45) is 7.05 Å². The normalized spacial score (nSPS) is 20.0. The molecule has 3 aliphatic rings. The molecule has 10 heteroatoms. The molecule has 0 bridgehead atoms. The second-order valence-corrected chi connectivity index (χ2v) is 10.8. The molecule has 7 nitrogen and oxygen atoms in total. The van der Waals surface area contributed by atoms with Gasteiger partial charge in [-0.15, -0.1) is 10.2 Å². The fourth-order valence-electron chi connectivity index (χ4n) is 5.97. The van der Waals surface area contributed by atoms with Crippen LogP contribution in [0, 0.1) is 0 Å². The number of carbonyl (C=O) groups excluding carboxylic acids is 1. The number of fused-ring (bicyclic) bond motifs is 1. The summed E-state index contributed by atoms with van der Waals surface area (Å²) < 4.78 is 50.2. The molecule has 0 saturated carbocycles. The van der Waals surface area contributed by atoms with Gasteiger partial charge in [0.05, 0.1) is 25.3 Å². The minimum Gasteiger partial charge on any atom is -0.379 e. The molecular formula is C28H30F3N5O2. The van der Waals surface area contributed by atoms with Crippen LogP contribution in [0.5, 0.6) is 0 Å². The first-order chi connectivity index (χ1) is 18.2. The molecule has 38 heavy (non-hydrogen) atoms. The van der Waals surface area contributed by atoms with Gasteiger partial charge in [0.15, 0.2) is 0 Å². The van der Waals surface area contributed by atoms with E-state index in [1.54, 1.807) is 18.5 Å². The molecule has 4 heterocycles. The number of halogens is 3. The molecule has 2 fully saturated rings. The average Bonchev–Trinajstić information content (AvgIpc) is 3.61. The first-order valence-corrected chi connectivity index (χ1v) is 13.0. The maximum atomic E-state index is 14.2. The minimum absolute atomic E-state index is 0.0473. The van der Waals surface area contributed by atoms with Gasteiger partial charge in [0.1, 0.15) is 12.2 Å². The third kappa shape index (κ3) is 4.19. The quantitative estimate of drug-likeness (QED) is 0.469. The summed E-state index contributed by atoms with van der Waals surface area (Å²) in [5.41, 5.74) is 1.23. The molecule has 0 radical (unpaired) electrons. The maximum Gasteiger partial charge on any atom is 0.416 e. The Hall–Kier alpha value is -3.24. The van der Waals surface area contributed by atoms with Gasteiger partial charge in [0, 0.05) is 36.2 Å². The predicted octanol–water partition coefficient (Wildman–Crippen LogP) is 4.66. The number of hydrogen-bond donors (Lipinski definition) is 0. The van der Waals surface area contributed by atoms with E-state index in [0.717, 1.165) is 37.3 Å². The number of rotatable bonds is 6. The summed E-state index contributed by atoms with van der Waals surface area (Å²) in [6.45, 7) is 4.50. The average molecular weight is 526 g/mol. The van der Waals surface area contributed by atoms with Gasteiger partial charge in [-0.1, -0.05) is 12.1 Å². The second kappa shape index (κ2) is 9.20. The van der Waals surface area contributed by atoms with E-state index < -0.39 is 17.6 Å². The lowest BCUT2D eigenvalue weighted by Gasteiger charge is -2.42. The lowest BCUT2D eigenvalue weighted by atomic mass is 9.75. The summed E-state index contributed by atoms with van der Waals surface area (Å²) >= 11 is 0. The van der Waals surface area contributed by atoms with Crippen LogP contribution in [0.15, 0.2) is 42.7 Å². The fourth-order valence-corrected chi connectivity index (χ4v) is 5.97. The summed E-state index contributed by atoms with van der Waals surface area (Å²) in [6.07, 6.45) is -0.221. The topological polar surface area (TPSA) is 63.5 Å². The van der Waals surface area contributed by atoms with Crippen molar-refractivity contribution < 1.29 is 22.7 Å². The van der Waals surface area contributed by atoms with Gasteiger partial charge < -0.3 is 14.2 Å². The minimum atomic E-state index is -4.55. The van der Waals surface area contributed by atoms with E-state index in [1.807, 2.05) is 36.7 Å². The van der Waals surface area contributed by atoms with Crippen molar-refractivity contribution in [1.29, 1.82) is 0 Å². The van der Waals surface area contributed by atoms with Crippen LogP contribution in [-0.2, 0) is 36.3 Å². The molecule has 1 aromatic heterocycles. The Bertz CT molecular complexity index is 1380. The zero-order valence-electron chi connectivity index (χ0n) is 21.5. The number of ether oxygens (including phenoxy) is 1. The zero-order valence-corrected chi connectivity index (χ0v) is 21.5. The molecule has 0 spiro atoms. The Morgan fingerprint density at radius 2 is 1.89 bits per heavy atom. The number of amides is 1. The SMILES string of the molecule is C[C@@H](c1cc2c(c(C(F)(F)F)c1)CN(c1cccc(C3(Cc4nncn4C)COC3)c1)C2=O)N1CCCC1. The van der Waals surface area contributed by atoms with Crippen LogP contribution in [0.2, 0.25) is 0 Å². The lowest BCUT2D eigenvalue weighted by molar-refractivity contribution is -0.138. The van der Waals surface area contributed by atoms with E-state index >= 15 is 0 Å². The first-order valence-electron chi connectivity index (χ1n) is 13.0. The molecule has 0 unspecified atom stereocenters. The number of anilines is 1. The van der Waals surface area contributed by atoms with E-state index in [1.165, 1.54) is 11.0 Å². The highest BCUT2D eigenvalue weighted by atomic mass is 19.4. The monoisotopic (exact) mass is 525 g/mol. The largest absolute Gasteiger partial charge is 0.416 e. The van der Waals surface area contributed by atoms with Crippen molar-refractivity contribution in [3.63, 3.8) is 0 Å². The first kappa shape index (κ1) is 25.1. The molecule has 0 aliphatic carbocycles. The Morgan fingerprint density at radius 3 is 2.53 bits per heavy atom. The number of likely N-dealkylation sites (tertiary alicyclic amines) is 1. The Balaban J connectivity index is 1.34. The van der Waals surface area contributed by atoms with Gasteiger partial charge in [-0.05, 0) is 73.8 Å². The summed E-state index contributed by atoms with van der Waals surface area (Å²) in [6, 6.07) is 10.3. The molecule has 2 aromatic carbocycles. The van der Waals surface area contributed by atoms with Crippen LogP contribution in [0.4, 0.5) is 18.9 Å². The summed E-state index contributed by atoms with van der Waals surface area (Å²) in [5.74, 6) is 0.420. The smallest absolute Gasteiger partial charge is 0.379 e. The summed E-state index contributed by atoms with van der Waals surface area (Å²) in [5, 5.41) is 8.18. The van der Waals surface area contributed by atoms with E-state index in [4.69, 9.17) is 4.74 Å². The van der Waals surface area contributed by atoms with Crippen molar-refractivity contribution in [3.05, 3.63) is 76.4 Å². The second-order valence-electron chi connectivity index (χ2n) is 10.8. The molecule has 0 N–H and O–H groups in total. The van der Waals surface area contributed by atoms with Crippen molar-refractivity contribution in [1.82, 2.24) is 19.7 Å². The van der Waals surface area contributed by atoms with Crippen LogP contribution in [0.25, 0.3) is 0 Å². The van der Waals surface area contributed by atoms with Gasteiger partial charge in [-0.25, -0.2) is 0 Å². The van der Waals surface area contributed by atoms with Crippen molar-refractivity contribution in [2.45, 2.75) is 50.4 Å². The number of aromatic nitrogens is 3. The van der Waals surface area contributed by atoms with Crippen LogP contribution < -0.4 is 4.90 Å². The van der Waals surface area contributed by atoms with Gasteiger partial charge in [-0.3, -0.25) is 9.69 Å². The number of aryl methyl sites for hydroxylation is 1. The van der Waals surface area contributed by atoms with E-state index in [-0.39, 0.29) is 29.1 Å². The van der Waals surface area contributed by atoms with Crippen LogP contribution in [0.3, 0.4) is 0 Å². The van der Waals surface area contributed by atoms with Gasteiger partial charge in [-0.2, -0.15) is 13.2 Å². The van der Waals surface area contributed by atoms with Crippen LogP contribution in [0.1, 0.15) is 64.2 Å². The third-order valence-electron chi connectivity index (χ3n) is 8.37. The molecule has 6 rings (SSSR count). The third-order valence-corrected chi connectivity index (χ3v) is 8.37. The molecule has 1 atom stereocenters. The maximum absolute atomic E-state index is 14.2.